The van der Waals surface area contributed by atoms with Crippen molar-refractivity contribution in [3.05, 3.63) is 12.2 Å². The molecule has 0 spiro atoms. The molecule has 8 atom stereocenters. The van der Waals surface area contributed by atoms with Crippen LogP contribution >= 0.6 is 0 Å². The molecule has 0 aromatic rings. The minimum atomic E-state index is -0.648. The van der Waals surface area contributed by atoms with E-state index in [1.54, 1.807) is 0 Å². The first-order valence-corrected chi connectivity index (χ1v) is 8.73. The average molecular weight is 330 g/mol. The summed E-state index contributed by atoms with van der Waals surface area (Å²) in [6, 6.07) is 0. The van der Waals surface area contributed by atoms with E-state index in [1.807, 2.05) is 6.92 Å². The monoisotopic (exact) mass is 330 g/mol. The molecule has 0 amide bonds. The van der Waals surface area contributed by atoms with Crippen LogP contribution < -0.4 is 0 Å². The molecule has 4 aliphatic carbocycles. The van der Waals surface area contributed by atoms with Crippen molar-refractivity contribution in [1.29, 1.82) is 0 Å². The van der Waals surface area contributed by atoms with Gasteiger partial charge in [0.15, 0.2) is 0 Å². The van der Waals surface area contributed by atoms with E-state index < -0.39 is 29.8 Å². The fraction of sp³-hybridized carbons (Fsp3) is 0.684. The van der Waals surface area contributed by atoms with Gasteiger partial charge in [0.1, 0.15) is 23.5 Å². The van der Waals surface area contributed by atoms with E-state index in [-0.39, 0.29) is 47.5 Å². The van der Waals surface area contributed by atoms with Crippen LogP contribution in [-0.4, -0.2) is 29.4 Å². The maximum absolute atomic E-state index is 12.9. The van der Waals surface area contributed by atoms with Gasteiger partial charge in [-0.05, 0) is 32.1 Å². The summed E-state index contributed by atoms with van der Waals surface area (Å²) < 4.78 is 5.56. The quantitative estimate of drug-likeness (QED) is 0.569. The van der Waals surface area contributed by atoms with Gasteiger partial charge in [0, 0.05) is 30.6 Å². The summed E-state index contributed by atoms with van der Waals surface area (Å²) >= 11 is 0. The first-order valence-electron chi connectivity index (χ1n) is 8.73. The molecular weight excluding hydrogens is 308 g/mol. The standard InChI is InChI=1S/C19H22O5/c1-7(2)9-4-10-15-11-6-13(22)17(16(10)12(21)5-9)14(8(3)20)18(11)24-19(15)23/h9-11,14-18H,1,4-6H2,2-3H3/t9-,10+,11+,14?,15-,16+,17-,18-/m0/s1. The van der Waals surface area contributed by atoms with Crippen molar-refractivity contribution >= 4 is 23.3 Å². The Morgan fingerprint density at radius 1 is 1.00 bits per heavy atom. The Balaban J connectivity index is 1.85. The zero-order valence-corrected chi connectivity index (χ0v) is 14.0. The smallest absolute Gasteiger partial charge is 0.309 e. The molecule has 5 rings (SSSR count). The van der Waals surface area contributed by atoms with Gasteiger partial charge in [0.05, 0.1) is 11.8 Å². The van der Waals surface area contributed by atoms with Gasteiger partial charge in [-0.2, -0.15) is 0 Å². The third-order valence-electron chi connectivity index (χ3n) is 6.81. The summed E-state index contributed by atoms with van der Waals surface area (Å²) in [6.45, 7) is 7.33. The van der Waals surface area contributed by atoms with Crippen molar-refractivity contribution in [2.45, 2.75) is 39.2 Å². The molecule has 1 unspecified atom stereocenters. The van der Waals surface area contributed by atoms with Crippen molar-refractivity contribution < 1.29 is 23.9 Å². The summed E-state index contributed by atoms with van der Waals surface area (Å²) in [7, 11) is 0. The predicted octanol–water partition coefficient (Wildman–Crippen LogP) is 1.74. The van der Waals surface area contributed by atoms with Gasteiger partial charge in [0.2, 0.25) is 0 Å². The number of Topliss-reactive ketones (excluding diaryl/α,β-unsaturated/α-hetero) is 3. The van der Waals surface area contributed by atoms with Gasteiger partial charge in [-0.3, -0.25) is 19.2 Å². The molecule has 5 aliphatic rings. The number of hydrogen-bond donors (Lipinski definition) is 0. The minimum Gasteiger partial charge on any atom is -0.461 e. The molecule has 1 saturated heterocycles. The molecule has 0 aromatic heterocycles. The molecule has 0 aromatic carbocycles. The lowest BCUT2D eigenvalue weighted by molar-refractivity contribution is -0.161. The van der Waals surface area contributed by atoms with Gasteiger partial charge < -0.3 is 4.74 Å². The molecule has 5 heteroatoms. The summed E-state index contributed by atoms with van der Waals surface area (Å²) in [5.74, 6) is -3.07. The lowest BCUT2D eigenvalue weighted by atomic mass is 9.61. The maximum atomic E-state index is 12.9. The summed E-state index contributed by atoms with van der Waals surface area (Å²) in [5, 5.41) is 0. The number of allylic oxidation sites excluding steroid dienone is 1. The molecule has 0 N–H and O–H groups in total. The van der Waals surface area contributed by atoms with Crippen LogP contribution in [0.4, 0.5) is 0 Å². The number of hydrogen-bond acceptors (Lipinski definition) is 5. The average Bonchev–Trinajstić information content (AvgIpc) is 2.66. The van der Waals surface area contributed by atoms with Crippen molar-refractivity contribution in [2.75, 3.05) is 0 Å². The Labute approximate surface area is 140 Å². The van der Waals surface area contributed by atoms with E-state index in [1.165, 1.54) is 6.92 Å². The predicted molar refractivity (Wildman–Crippen MR) is 83.7 cm³/mol. The first-order chi connectivity index (χ1) is 11.3. The van der Waals surface area contributed by atoms with E-state index in [0.29, 0.717) is 12.8 Å². The highest BCUT2D eigenvalue weighted by atomic mass is 16.6. The number of esters is 1. The third-order valence-corrected chi connectivity index (χ3v) is 6.81. The molecule has 24 heavy (non-hydrogen) atoms. The van der Waals surface area contributed by atoms with Crippen molar-refractivity contribution in [3.8, 4) is 0 Å². The molecule has 5 nitrogen and oxygen atoms in total. The van der Waals surface area contributed by atoms with Crippen LogP contribution in [-0.2, 0) is 23.9 Å². The normalized spacial score (nSPS) is 46.3. The first kappa shape index (κ1) is 15.7. The van der Waals surface area contributed by atoms with E-state index >= 15 is 0 Å². The fourth-order valence-corrected chi connectivity index (χ4v) is 5.82. The number of carbonyl (C=O) groups is 4. The second kappa shape index (κ2) is 5.11. The second-order valence-corrected chi connectivity index (χ2v) is 8.06. The molecule has 128 valence electrons. The summed E-state index contributed by atoms with van der Waals surface area (Å²) in [4.78, 5) is 50.5. The van der Waals surface area contributed by atoms with Crippen LogP contribution in [0.3, 0.4) is 0 Å². The van der Waals surface area contributed by atoms with Gasteiger partial charge >= 0.3 is 5.97 Å². The molecular formula is C19H22O5. The highest BCUT2D eigenvalue weighted by molar-refractivity contribution is 5.98. The van der Waals surface area contributed by atoms with Crippen molar-refractivity contribution in [3.63, 3.8) is 0 Å². The zero-order valence-electron chi connectivity index (χ0n) is 14.0. The van der Waals surface area contributed by atoms with Crippen LogP contribution in [0.15, 0.2) is 12.2 Å². The minimum absolute atomic E-state index is 0.0184. The van der Waals surface area contributed by atoms with Gasteiger partial charge in [-0.25, -0.2) is 0 Å². The van der Waals surface area contributed by atoms with Crippen LogP contribution in [0.1, 0.15) is 33.1 Å². The Bertz CT molecular complexity index is 677. The summed E-state index contributed by atoms with van der Waals surface area (Å²) in [6.07, 6.45) is 0.781. The highest BCUT2D eigenvalue weighted by Gasteiger charge is 2.67. The molecule has 0 radical (unpaired) electrons. The highest BCUT2D eigenvalue weighted by Crippen LogP contribution is 2.58. The lowest BCUT2D eigenvalue weighted by Crippen LogP contribution is -2.50. The second-order valence-electron chi connectivity index (χ2n) is 8.06. The van der Waals surface area contributed by atoms with Crippen LogP contribution in [0, 0.1) is 41.4 Å². The maximum Gasteiger partial charge on any atom is 0.309 e. The zero-order chi connectivity index (χ0) is 17.3. The molecule has 4 saturated carbocycles. The van der Waals surface area contributed by atoms with E-state index in [4.69, 9.17) is 4.74 Å². The summed E-state index contributed by atoms with van der Waals surface area (Å²) in [5.41, 5.74) is 0.941. The molecule has 1 heterocycles. The van der Waals surface area contributed by atoms with Gasteiger partial charge in [-0.15, -0.1) is 0 Å². The number of ketones is 3. The molecule has 4 bridgehead atoms. The van der Waals surface area contributed by atoms with E-state index in [2.05, 4.69) is 6.58 Å². The van der Waals surface area contributed by atoms with Crippen LogP contribution in [0.5, 0.6) is 0 Å². The van der Waals surface area contributed by atoms with Crippen LogP contribution in [0.2, 0.25) is 0 Å². The Kier molecular flexibility index (Phi) is 3.35. The Hall–Kier alpha value is -1.78. The number of fused-ring (bicyclic) bond motifs is 1. The SMILES string of the molecule is C=C(C)[C@@H]1CC(=O)[C@H]2[C@H](C1)[C@@H]1C(=O)O[C@@H]3C(C(C)=O)[C@@H]2C(=O)C[C@H]13. The van der Waals surface area contributed by atoms with Gasteiger partial charge in [0.25, 0.3) is 0 Å². The lowest BCUT2D eigenvalue weighted by Gasteiger charge is -2.41. The van der Waals surface area contributed by atoms with Crippen LogP contribution in [0.25, 0.3) is 0 Å². The Morgan fingerprint density at radius 3 is 2.29 bits per heavy atom. The van der Waals surface area contributed by atoms with Crippen molar-refractivity contribution in [1.82, 2.24) is 0 Å². The van der Waals surface area contributed by atoms with E-state index in [0.717, 1.165) is 5.57 Å². The number of ether oxygens (including phenoxy) is 1. The topological polar surface area (TPSA) is 77.5 Å². The molecule has 5 fully saturated rings. The van der Waals surface area contributed by atoms with Gasteiger partial charge in [-0.1, -0.05) is 12.2 Å². The van der Waals surface area contributed by atoms with Crippen molar-refractivity contribution in [2.24, 2.45) is 41.4 Å². The number of carbonyl (C=O) groups excluding carboxylic acids is 4. The largest absolute Gasteiger partial charge is 0.461 e. The fourth-order valence-electron chi connectivity index (χ4n) is 5.82. The van der Waals surface area contributed by atoms with E-state index in [9.17, 15) is 19.2 Å². The molecule has 1 aliphatic heterocycles. The number of rotatable bonds is 2. The Morgan fingerprint density at radius 2 is 1.67 bits per heavy atom. The third kappa shape index (κ3) is 1.93.